The van der Waals surface area contributed by atoms with E-state index >= 15 is 0 Å². The first-order valence-electron chi connectivity index (χ1n) is 20.2. The first kappa shape index (κ1) is 54.7. The normalized spacial score (nSPS) is 20.5. The van der Waals surface area contributed by atoms with Crippen LogP contribution in [0.2, 0.25) is 0 Å². The van der Waals surface area contributed by atoms with Crippen molar-refractivity contribution in [1.29, 1.82) is 0 Å². The fourth-order valence-electron chi connectivity index (χ4n) is 6.05. The van der Waals surface area contributed by atoms with Gasteiger partial charge in [0.15, 0.2) is 17.7 Å². The maximum atomic E-state index is 12.7. The van der Waals surface area contributed by atoms with Gasteiger partial charge in [-0.1, -0.05) is 78.6 Å². The molecule has 7 atom stereocenters. The van der Waals surface area contributed by atoms with E-state index in [1.807, 2.05) is 0 Å². The van der Waals surface area contributed by atoms with Crippen molar-refractivity contribution in [2.45, 2.75) is 122 Å². The number of fused-ring (bicyclic) bond motifs is 1. The predicted octanol–water partition coefficient (Wildman–Crippen LogP) is 3.20. The Kier molecular flexibility index (Phi) is 22.5. The van der Waals surface area contributed by atoms with Crippen molar-refractivity contribution >= 4 is 69.3 Å². The number of nitrogens with one attached hydrogen (secondary N) is 2. The highest BCUT2D eigenvalue weighted by Gasteiger charge is 2.50. The van der Waals surface area contributed by atoms with E-state index in [0.717, 1.165) is 48.2 Å². The number of aliphatic hydroxyl groups excluding tert-OH is 2. The third-order valence-corrected chi connectivity index (χ3v) is 13.3. The van der Waals surface area contributed by atoms with Gasteiger partial charge in [-0.05, 0) is 18.2 Å². The van der Waals surface area contributed by atoms with Crippen LogP contribution < -0.4 is 16.4 Å². The van der Waals surface area contributed by atoms with Gasteiger partial charge in [-0.2, -0.15) is 4.31 Å². The number of aliphatic hydroxyl groups is 2. The topological polar surface area (TPSA) is 373 Å². The quantitative estimate of drug-likeness (QED) is 0.0308. The largest absolute Gasteiger partial charge is 0.481 e. The van der Waals surface area contributed by atoms with Gasteiger partial charge in [0.1, 0.15) is 36.3 Å². The number of anilines is 1. The van der Waals surface area contributed by atoms with Gasteiger partial charge in [0, 0.05) is 30.7 Å². The number of unbranched alkanes of at least 4 members (excludes halogenated alkanes) is 9. The molecule has 1 saturated heterocycles. The number of aromatic nitrogens is 4. The van der Waals surface area contributed by atoms with Crippen LogP contribution in [0, 0.1) is 5.41 Å². The summed E-state index contributed by atoms with van der Waals surface area (Å²) >= 11 is 0.929. The van der Waals surface area contributed by atoms with E-state index in [9.17, 15) is 57.9 Å². The highest BCUT2D eigenvalue weighted by atomic mass is 32.2. The van der Waals surface area contributed by atoms with Crippen molar-refractivity contribution in [3.05, 3.63) is 12.7 Å². The van der Waals surface area contributed by atoms with E-state index in [1.165, 1.54) is 58.8 Å². The van der Waals surface area contributed by atoms with Gasteiger partial charge in [0.2, 0.25) is 11.8 Å². The summed E-state index contributed by atoms with van der Waals surface area (Å²) in [6.45, 7) is 2.98. The Balaban J connectivity index is 1.35. The number of imidazole rings is 1. The van der Waals surface area contributed by atoms with Gasteiger partial charge in [0.05, 0.1) is 26.1 Å². The van der Waals surface area contributed by atoms with Crippen LogP contribution in [0.4, 0.5) is 10.6 Å². The maximum absolute atomic E-state index is 12.7. The molecule has 1 fully saturated rings. The molecule has 2 aromatic heterocycles. The smallest absolute Gasteiger partial charge is 0.458 e. The van der Waals surface area contributed by atoms with Crippen LogP contribution in [-0.4, -0.2) is 130 Å². The summed E-state index contributed by atoms with van der Waals surface area (Å²) in [6.07, 6.45) is 4.73. The molecule has 0 aliphatic carbocycles. The zero-order valence-corrected chi connectivity index (χ0v) is 38.8. The summed E-state index contributed by atoms with van der Waals surface area (Å²) in [5.74, 6) is -1.21. The summed E-state index contributed by atoms with van der Waals surface area (Å²) in [7, 11) is -16.4. The van der Waals surface area contributed by atoms with Crippen LogP contribution in [0.25, 0.3) is 11.2 Å². The molecule has 0 bridgehead atoms. The lowest BCUT2D eigenvalue weighted by Gasteiger charge is -2.30. The van der Waals surface area contributed by atoms with Gasteiger partial charge in [-0.3, -0.25) is 27.7 Å². The fraction of sp³-hybridized carbons (Fsp3) is 0.765. The maximum Gasteiger partial charge on any atom is 0.481 e. The van der Waals surface area contributed by atoms with Crippen LogP contribution in [-0.2, 0) is 50.6 Å². The summed E-state index contributed by atoms with van der Waals surface area (Å²) in [4.78, 5) is 87.9. The Labute approximate surface area is 368 Å². The zero-order valence-electron chi connectivity index (χ0n) is 35.3. The number of phosphoric ester groups is 3. The van der Waals surface area contributed by atoms with Gasteiger partial charge < -0.3 is 55.6 Å². The molecular weight excluding hydrogens is 919 g/mol. The molecule has 0 spiro atoms. The van der Waals surface area contributed by atoms with E-state index in [2.05, 4.69) is 41.3 Å². The van der Waals surface area contributed by atoms with Crippen molar-refractivity contribution < 1.29 is 85.2 Å². The average molecular weight is 980 g/mol. The molecule has 2 aromatic rings. The number of carbonyl (C=O) groups is 3. The minimum atomic E-state index is -5.58. The number of nitrogens with zero attached hydrogens (tertiary/aromatic N) is 4. The second kappa shape index (κ2) is 25.9. The van der Waals surface area contributed by atoms with Crippen LogP contribution in [0.15, 0.2) is 12.7 Å². The monoisotopic (exact) mass is 979 g/mol. The molecule has 1 aliphatic rings. The number of hydrogen-bond acceptors (Lipinski definition) is 19. The number of ether oxygens (including phenoxy) is 2. The van der Waals surface area contributed by atoms with E-state index in [1.54, 1.807) is 0 Å². The Bertz CT molecular complexity index is 1930. The van der Waals surface area contributed by atoms with E-state index < -0.39 is 89.9 Å². The van der Waals surface area contributed by atoms with Crippen molar-refractivity contribution in [2.75, 3.05) is 44.4 Å². The third-order valence-electron chi connectivity index (χ3n) is 9.44. The number of carbonyl (C=O) groups excluding carboxylic acids is 3. The number of amides is 2. The molecule has 3 heterocycles. The molecule has 0 saturated carbocycles. The lowest BCUT2D eigenvalue weighted by molar-refractivity contribution is -0.137. The fourth-order valence-corrected chi connectivity index (χ4v) is 9.42. The number of rotatable bonds is 30. The Morgan fingerprint density at radius 3 is 2.22 bits per heavy atom. The molecule has 10 N–H and O–H groups in total. The van der Waals surface area contributed by atoms with Gasteiger partial charge in [0.25, 0.3) is 0 Å². The molecule has 63 heavy (non-hydrogen) atoms. The SMILES string of the molecule is CCCCCCCCCCCCOC(=O)SCCNC(=O)CCNC(=O)[C@H](O)C(C)(C)COP(=O)(O)OP(=O)(O)OC[C@H]1O[C@@H](n2cnc3c(N)ncnc32)[C@H](O)[C@@H]1OP(=O)(O)O. The van der Waals surface area contributed by atoms with Crippen molar-refractivity contribution in [1.82, 2.24) is 30.2 Å². The van der Waals surface area contributed by atoms with Crippen molar-refractivity contribution in [3.63, 3.8) is 0 Å². The van der Waals surface area contributed by atoms with E-state index in [0.29, 0.717) is 6.61 Å². The van der Waals surface area contributed by atoms with Crippen LogP contribution in [0.3, 0.4) is 0 Å². The van der Waals surface area contributed by atoms with Gasteiger partial charge >= 0.3 is 28.8 Å². The summed E-state index contributed by atoms with van der Waals surface area (Å²) in [6, 6.07) is 0. The number of nitrogen functional groups attached to an aromatic ring is 1. The van der Waals surface area contributed by atoms with Crippen LogP contribution >= 0.6 is 35.2 Å². The standard InChI is InChI=1S/C34H60N7O18P3S/c1-4-5-6-7-8-9-10-11-12-13-17-54-33(46)63-18-16-36-24(42)14-15-37-31(45)28(44)34(2,3)20-56-62(52,53)59-61(50,51)55-19-23-27(58-60(47,48)49)26(43)32(57-23)41-22-40-25-29(35)38-21-39-30(25)41/h21-23,26-28,32,43-44H,4-20H2,1-3H3,(H,36,42)(H,37,45)(H,50,51)(H,52,53)(H2,35,38,39)(H2,47,48,49)/t23-,26-,27-,28+,32-/m1/s1. The Morgan fingerprint density at radius 1 is 0.937 bits per heavy atom. The molecule has 0 aromatic carbocycles. The molecule has 360 valence electrons. The summed E-state index contributed by atoms with van der Waals surface area (Å²) in [5.41, 5.74) is 4.26. The van der Waals surface area contributed by atoms with Crippen molar-refractivity contribution in [2.24, 2.45) is 5.41 Å². The third kappa shape index (κ3) is 19.4. The molecule has 3 rings (SSSR count). The number of thioether (sulfide) groups is 1. The number of hydrogen-bond donors (Lipinski definition) is 9. The highest BCUT2D eigenvalue weighted by Crippen LogP contribution is 2.61. The molecule has 25 nitrogen and oxygen atoms in total. The lowest BCUT2D eigenvalue weighted by atomic mass is 9.87. The van der Waals surface area contributed by atoms with Gasteiger partial charge in [-0.15, -0.1) is 0 Å². The highest BCUT2D eigenvalue weighted by molar-refractivity contribution is 8.13. The molecular formula is C34H60N7O18P3S. The summed E-state index contributed by atoms with van der Waals surface area (Å²) in [5, 5.41) is 26.0. The van der Waals surface area contributed by atoms with E-state index in [4.69, 9.17) is 24.3 Å². The average Bonchev–Trinajstić information content (AvgIpc) is 3.76. The van der Waals surface area contributed by atoms with Gasteiger partial charge in [-0.25, -0.2) is 33.4 Å². The van der Waals surface area contributed by atoms with E-state index in [-0.39, 0.29) is 42.2 Å². The second-order valence-corrected chi connectivity index (χ2v) is 20.5. The first-order valence-corrected chi connectivity index (χ1v) is 25.7. The number of phosphoric acid groups is 3. The minimum absolute atomic E-state index is 0.0303. The minimum Gasteiger partial charge on any atom is -0.458 e. The van der Waals surface area contributed by atoms with Crippen LogP contribution in [0.5, 0.6) is 0 Å². The van der Waals surface area contributed by atoms with Crippen molar-refractivity contribution in [3.8, 4) is 0 Å². The molecule has 2 unspecified atom stereocenters. The molecule has 1 aliphatic heterocycles. The predicted molar refractivity (Wildman–Crippen MR) is 225 cm³/mol. The first-order chi connectivity index (χ1) is 29.6. The molecule has 0 radical (unpaired) electrons. The molecule has 29 heteroatoms. The second-order valence-electron chi connectivity index (χ2n) is 15.2. The molecule has 2 amide bonds. The Hall–Kier alpha value is -2.64. The van der Waals surface area contributed by atoms with Crippen LogP contribution in [0.1, 0.15) is 97.6 Å². The number of nitrogens with two attached hydrogens (primary N) is 1. The summed E-state index contributed by atoms with van der Waals surface area (Å²) < 4.78 is 67.5. The Morgan fingerprint density at radius 2 is 1.57 bits per heavy atom. The zero-order chi connectivity index (χ0) is 46.8. The lowest BCUT2D eigenvalue weighted by Crippen LogP contribution is -2.46.